The van der Waals surface area contributed by atoms with Crippen LogP contribution in [0.2, 0.25) is 0 Å². The lowest BCUT2D eigenvalue weighted by Crippen LogP contribution is -2.51. The number of hydrogen-bond donors (Lipinski definition) is 2. The number of methoxy groups -OCH3 is 2. The van der Waals surface area contributed by atoms with E-state index >= 15 is 0 Å². The number of morpholine rings is 1. The van der Waals surface area contributed by atoms with E-state index in [1.807, 2.05) is 24.3 Å². The van der Waals surface area contributed by atoms with Crippen LogP contribution in [0.15, 0.2) is 30.5 Å². The number of ether oxygens (including phenoxy) is 3. The molecule has 0 radical (unpaired) electrons. The van der Waals surface area contributed by atoms with E-state index in [-0.39, 0.29) is 24.5 Å². The van der Waals surface area contributed by atoms with E-state index in [0.29, 0.717) is 37.5 Å². The van der Waals surface area contributed by atoms with Gasteiger partial charge in [0.05, 0.1) is 37.3 Å². The third kappa shape index (κ3) is 4.68. The lowest BCUT2D eigenvalue weighted by molar-refractivity contribution is -0.149. The van der Waals surface area contributed by atoms with Crippen LogP contribution in [0.3, 0.4) is 0 Å². The van der Waals surface area contributed by atoms with Crippen molar-refractivity contribution in [3.63, 3.8) is 0 Å². The van der Waals surface area contributed by atoms with E-state index in [0.717, 1.165) is 11.3 Å². The molecule has 1 saturated heterocycles. The summed E-state index contributed by atoms with van der Waals surface area (Å²) in [6.07, 6.45) is 1.22. The molecule has 0 saturated carbocycles. The topological polar surface area (TPSA) is 106 Å². The van der Waals surface area contributed by atoms with Gasteiger partial charge in [-0.15, -0.1) is 0 Å². The Morgan fingerprint density at radius 1 is 1.36 bits per heavy atom. The number of carbonyl (C=O) groups is 2. The van der Waals surface area contributed by atoms with Gasteiger partial charge in [0.2, 0.25) is 5.91 Å². The number of aromatic amines is 1. The number of H-pyrrole nitrogens is 1. The van der Waals surface area contributed by atoms with Gasteiger partial charge in [0, 0.05) is 32.3 Å². The van der Waals surface area contributed by atoms with Gasteiger partial charge in [-0.1, -0.05) is 0 Å². The number of amides is 2. The normalized spacial score (nSPS) is 16.9. The third-order valence-electron chi connectivity index (χ3n) is 4.54. The molecule has 0 aliphatic carbocycles. The first-order valence-electron chi connectivity index (χ1n) is 8.96. The molecular formula is C19H24N4O5. The van der Waals surface area contributed by atoms with Crippen molar-refractivity contribution in [2.75, 3.05) is 47.1 Å². The van der Waals surface area contributed by atoms with Crippen molar-refractivity contribution in [1.29, 1.82) is 0 Å². The number of aromatic nitrogens is 2. The quantitative estimate of drug-likeness (QED) is 0.689. The van der Waals surface area contributed by atoms with E-state index in [9.17, 15) is 9.59 Å². The van der Waals surface area contributed by atoms with Crippen molar-refractivity contribution in [3.8, 4) is 17.0 Å². The minimum Gasteiger partial charge on any atom is -0.497 e. The maximum absolute atomic E-state index is 12.6. The highest BCUT2D eigenvalue weighted by Gasteiger charge is 2.26. The van der Waals surface area contributed by atoms with E-state index in [2.05, 4.69) is 15.5 Å². The van der Waals surface area contributed by atoms with Gasteiger partial charge in [-0.25, -0.2) is 0 Å². The number of rotatable bonds is 8. The van der Waals surface area contributed by atoms with Crippen molar-refractivity contribution >= 4 is 11.8 Å². The van der Waals surface area contributed by atoms with Gasteiger partial charge in [0.1, 0.15) is 12.4 Å². The molecule has 2 heterocycles. The molecule has 0 spiro atoms. The summed E-state index contributed by atoms with van der Waals surface area (Å²) in [6.45, 7) is 1.69. The molecule has 2 amide bonds. The third-order valence-corrected chi connectivity index (χ3v) is 4.54. The average Bonchev–Trinajstić information content (AvgIpc) is 3.22. The Morgan fingerprint density at radius 2 is 2.14 bits per heavy atom. The number of nitrogens with zero attached hydrogens (tertiary/aromatic N) is 2. The number of nitrogens with one attached hydrogen (secondary N) is 2. The standard InChI is InChI=1S/C19H24N4O5/c1-26-8-7-23-11-15(28-12-17(23)24)9-20-19(25)16-10-21-22-18(16)13-3-5-14(27-2)6-4-13/h3-6,10,15H,7-9,11-12H2,1-2H3,(H,20,25)(H,21,22). The van der Waals surface area contributed by atoms with Crippen LogP contribution in [-0.4, -0.2) is 80.1 Å². The van der Waals surface area contributed by atoms with Gasteiger partial charge >= 0.3 is 0 Å². The molecule has 1 unspecified atom stereocenters. The predicted molar refractivity (Wildman–Crippen MR) is 101 cm³/mol. The number of carbonyl (C=O) groups excluding carboxylic acids is 2. The molecule has 3 rings (SSSR count). The SMILES string of the molecule is COCCN1CC(CNC(=O)c2cn[nH]c2-c2ccc(OC)cc2)OCC1=O. The zero-order chi connectivity index (χ0) is 19.9. The van der Waals surface area contributed by atoms with Crippen LogP contribution >= 0.6 is 0 Å². The van der Waals surface area contributed by atoms with Gasteiger partial charge in [0.15, 0.2) is 0 Å². The van der Waals surface area contributed by atoms with Crippen molar-refractivity contribution in [2.45, 2.75) is 6.10 Å². The van der Waals surface area contributed by atoms with E-state index in [4.69, 9.17) is 14.2 Å². The van der Waals surface area contributed by atoms with Crippen LogP contribution in [0.25, 0.3) is 11.3 Å². The van der Waals surface area contributed by atoms with Crippen LogP contribution in [0.5, 0.6) is 5.75 Å². The Kier molecular flexibility index (Phi) is 6.62. The highest BCUT2D eigenvalue weighted by atomic mass is 16.5. The van der Waals surface area contributed by atoms with Crippen molar-refractivity contribution in [3.05, 3.63) is 36.0 Å². The van der Waals surface area contributed by atoms with Crippen molar-refractivity contribution < 1.29 is 23.8 Å². The largest absolute Gasteiger partial charge is 0.497 e. The van der Waals surface area contributed by atoms with Gasteiger partial charge in [-0.05, 0) is 24.3 Å². The lowest BCUT2D eigenvalue weighted by Gasteiger charge is -2.32. The van der Waals surface area contributed by atoms with Gasteiger partial charge in [0.25, 0.3) is 5.91 Å². The first-order chi connectivity index (χ1) is 13.6. The summed E-state index contributed by atoms with van der Waals surface area (Å²) in [5, 5.41) is 9.72. The molecule has 0 bridgehead atoms. The Labute approximate surface area is 163 Å². The molecule has 1 fully saturated rings. The maximum Gasteiger partial charge on any atom is 0.255 e. The molecule has 1 aromatic heterocycles. The molecule has 1 atom stereocenters. The van der Waals surface area contributed by atoms with E-state index in [1.54, 1.807) is 19.1 Å². The average molecular weight is 388 g/mol. The first-order valence-corrected chi connectivity index (χ1v) is 8.96. The fourth-order valence-electron chi connectivity index (χ4n) is 2.96. The second-order valence-electron chi connectivity index (χ2n) is 6.36. The zero-order valence-electron chi connectivity index (χ0n) is 15.9. The molecule has 2 aromatic rings. The molecular weight excluding hydrogens is 364 g/mol. The molecule has 1 aliphatic rings. The second kappa shape index (κ2) is 9.34. The smallest absolute Gasteiger partial charge is 0.255 e. The summed E-state index contributed by atoms with van der Waals surface area (Å²) in [4.78, 5) is 26.2. The fraction of sp³-hybridized carbons (Fsp3) is 0.421. The summed E-state index contributed by atoms with van der Waals surface area (Å²) >= 11 is 0. The number of hydrogen-bond acceptors (Lipinski definition) is 6. The minimum absolute atomic E-state index is 0.00700. The Hall–Kier alpha value is -2.91. The summed E-state index contributed by atoms with van der Waals surface area (Å²) < 4.78 is 15.7. The monoisotopic (exact) mass is 388 g/mol. The highest BCUT2D eigenvalue weighted by molar-refractivity contribution is 5.99. The maximum atomic E-state index is 12.6. The van der Waals surface area contributed by atoms with Crippen LogP contribution in [0.1, 0.15) is 10.4 Å². The van der Waals surface area contributed by atoms with Gasteiger partial charge < -0.3 is 24.4 Å². The Morgan fingerprint density at radius 3 is 2.86 bits per heavy atom. The molecule has 150 valence electrons. The number of benzene rings is 1. The van der Waals surface area contributed by atoms with E-state index in [1.165, 1.54) is 6.20 Å². The van der Waals surface area contributed by atoms with Crippen LogP contribution < -0.4 is 10.1 Å². The second-order valence-corrected chi connectivity index (χ2v) is 6.36. The molecule has 9 nitrogen and oxygen atoms in total. The summed E-state index contributed by atoms with van der Waals surface area (Å²) in [5.41, 5.74) is 1.89. The van der Waals surface area contributed by atoms with E-state index < -0.39 is 0 Å². The van der Waals surface area contributed by atoms with Gasteiger partial charge in [-0.2, -0.15) is 5.10 Å². The molecule has 28 heavy (non-hydrogen) atoms. The van der Waals surface area contributed by atoms with Crippen molar-refractivity contribution in [2.24, 2.45) is 0 Å². The summed E-state index contributed by atoms with van der Waals surface area (Å²) in [5.74, 6) is 0.399. The van der Waals surface area contributed by atoms with Crippen LogP contribution in [0, 0.1) is 0 Å². The first kappa shape index (κ1) is 19.8. The highest BCUT2D eigenvalue weighted by Crippen LogP contribution is 2.23. The molecule has 2 N–H and O–H groups in total. The van der Waals surface area contributed by atoms with Crippen LogP contribution in [0.4, 0.5) is 0 Å². The predicted octanol–water partition coefficient (Wildman–Crippen LogP) is 0.689. The lowest BCUT2D eigenvalue weighted by atomic mass is 10.1. The Balaban J connectivity index is 1.60. The molecule has 1 aromatic carbocycles. The van der Waals surface area contributed by atoms with Crippen LogP contribution in [-0.2, 0) is 14.3 Å². The fourth-order valence-corrected chi connectivity index (χ4v) is 2.96. The zero-order valence-corrected chi connectivity index (χ0v) is 15.9. The summed E-state index contributed by atoms with van der Waals surface area (Å²) in [6, 6.07) is 7.35. The molecule has 9 heteroatoms. The minimum atomic E-state index is -0.269. The molecule has 1 aliphatic heterocycles. The summed E-state index contributed by atoms with van der Waals surface area (Å²) in [7, 11) is 3.19. The Bertz CT molecular complexity index is 805. The van der Waals surface area contributed by atoms with Crippen molar-refractivity contribution in [1.82, 2.24) is 20.4 Å². The van der Waals surface area contributed by atoms with Gasteiger partial charge in [-0.3, -0.25) is 14.7 Å².